The van der Waals surface area contributed by atoms with Crippen molar-refractivity contribution in [2.75, 3.05) is 36.5 Å². The number of imidazole rings is 1. The molecular formula is C32H36N10O5S. The number of hydrogen-bond donors (Lipinski definition) is 3. The number of carbonyl (C=O) groups excluding carboxylic acids is 1. The van der Waals surface area contributed by atoms with E-state index in [1.165, 1.54) is 27.5 Å². The Labute approximate surface area is 277 Å². The third kappa shape index (κ3) is 7.29. The lowest BCUT2D eigenvalue weighted by Crippen LogP contribution is -2.42. The van der Waals surface area contributed by atoms with E-state index in [-0.39, 0.29) is 24.4 Å². The molecule has 4 heterocycles. The highest BCUT2D eigenvalue weighted by molar-refractivity contribution is 7.88. The quantitative estimate of drug-likeness (QED) is 0.0990. The van der Waals surface area contributed by atoms with E-state index in [2.05, 4.69) is 42.6 Å². The van der Waals surface area contributed by atoms with Crippen molar-refractivity contribution >= 4 is 50.1 Å². The van der Waals surface area contributed by atoms with Gasteiger partial charge >= 0.3 is 5.95 Å². The first kappa shape index (κ1) is 32.6. The summed E-state index contributed by atoms with van der Waals surface area (Å²) < 4.78 is 29.0. The molecule has 3 N–H and O–H groups in total. The second-order valence-electron chi connectivity index (χ2n) is 11.7. The summed E-state index contributed by atoms with van der Waals surface area (Å²) >= 11 is 0. The molecule has 0 atom stereocenters. The largest absolute Gasteiger partial charge is 0.434 e. The zero-order valence-electron chi connectivity index (χ0n) is 26.5. The Morgan fingerprint density at radius 2 is 1.88 bits per heavy atom. The number of sulfonamides is 1. The van der Waals surface area contributed by atoms with E-state index < -0.39 is 14.9 Å². The molecule has 250 valence electrons. The number of nitro groups is 1. The maximum absolute atomic E-state index is 13.4. The minimum atomic E-state index is -3.28. The number of aryl methyl sites for hydroxylation is 2. The van der Waals surface area contributed by atoms with Gasteiger partial charge in [0.2, 0.25) is 16.0 Å². The molecule has 1 amide bonds. The van der Waals surface area contributed by atoms with Gasteiger partial charge in [-0.15, -0.1) is 0 Å². The summed E-state index contributed by atoms with van der Waals surface area (Å²) in [5, 5.41) is 21.9. The second kappa shape index (κ2) is 13.8. The van der Waals surface area contributed by atoms with Crippen molar-refractivity contribution in [2.24, 2.45) is 7.05 Å². The monoisotopic (exact) mass is 672 g/mol. The smallest absolute Gasteiger partial charge is 0.390 e. The maximum atomic E-state index is 13.4. The number of carbonyl (C=O) groups is 1. The van der Waals surface area contributed by atoms with Crippen LogP contribution in [0.5, 0.6) is 0 Å². The molecule has 1 fully saturated rings. The van der Waals surface area contributed by atoms with Gasteiger partial charge in [0, 0.05) is 73.0 Å². The number of benzene rings is 2. The number of hydrogen-bond acceptors (Lipinski definition) is 10. The Balaban J connectivity index is 1.20. The normalized spacial score (nSPS) is 14.2. The number of nitrogens with one attached hydrogen (secondary N) is 3. The van der Waals surface area contributed by atoms with E-state index in [1.54, 1.807) is 18.3 Å². The van der Waals surface area contributed by atoms with Crippen LogP contribution in [0.15, 0.2) is 73.3 Å². The lowest BCUT2D eigenvalue weighted by Gasteiger charge is -2.31. The van der Waals surface area contributed by atoms with Gasteiger partial charge in [-0.3, -0.25) is 4.79 Å². The van der Waals surface area contributed by atoms with Gasteiger partial charge in [0.25, 0.3) is 5.91 Å². The minimum Gasteiger partial charge on any atom is -0.390 e. The molecule has 0 spiro atoms. The van der Waals surface area contributed by atoms with Gasteiger partial charge in [0.15, 0.2) is 0 Å². The Morgan fingerprint density at radius 1 is 1.08 bits per heavy atom. The van der Waals surface area contributed by atoms with E-state index in [4.69, 9.17) is 4.98 Å². The average Bonchev–Trinajstić information content (AvgIpc) is 3.68. The maximum Gasteiger partial charge on any atom is 0.434 e. The molecule has 6 rings (SSSR count). The predicted molar refractivity (Wildman–Crippen MR) is 183 cm³/mol. The van der Waals surface area contributed by atoms with Gasteiger partial charge in [-0.2, -0.15) is 0 Å². The van der Waals surface area contributed by atoms with Crippen molar-refractivity contribution in [3.8, 4) is 11.3 Å². The fourth-order valence-corrected chi connectivity index (χ4v) is 6.80. The van der Waals surface area contributed by atoms with Gasteiger partial charge < -0.3 is 30.6 Å². The van der Waals surface area contributed by atoms with Crippen LogP contribution in [0.25, 0.3) is 22.2 Å². The summed E-state index contributed by atoms with van der Waals surface area (Å²) in [7, 11) is -1.29. The van der Waals surface area contributed by atoms with E-state index in [9.17, 15) is 23.3 Å². The number of anilines is 3. The summed E-state index contributed by atoms with van der Waals surface area (Å²) in [4.78, 5) is 37.0. The molecule has 1 aliphatic heterocycles. The van der Waals surface area contributed by atoms with Crippen molar-refractivity contribution < 1.29 is 18.1 Å². The Morgan fingerprint density at radius 3 is 2.65 bits per heavy atom. The fourth-order valence-electron chi connectivity index (χ4n) is 5.93. The number of nitrogens with zero attached hydrogens (tertiary/aromatic N) is 7. The lowest BCUT2D eigenvalue weighted by molar-refractivity contribution is -0.396. The van der Waals surface area contributed by atoms with Crippen LogP contribution < -0.4 is 16.0 Å². The zero-order chi connectivity index (χ0) is 33.8. The van der Waals surface area contributed by atoms with Gasteiger partial charge in [-0.1, -0.05) is 23.2 Å². The summed E-state index contributed by atoms with van der Waals surface area (Å²) in [6, 6.07) is 15.2. The van der Waals surface area contributed by atoms with Crippen LogP contribution in [-0.4, -0.2) is 79.6 Å². The molecule has 0 aliphatic carbocycles. The van der Waals surface area contributed by atoms with Crippen LogP contribution in [0, 0.1) is 10.1 Å². The Bertz CT molecular complexity index is 2070. The van der Waals surface area contributed by atoms with Crippen molar-refractivity contribution in [1.82, 2.24) is 33.7 Å². The van der Waals surface area contributed by atoms with Crippen LogP contribution >= 0.6 is 0 Å². The van der Waals surface area contributed by atoms with Crippen LogP contribution in [0.3, 0.4) is 0 Å². The molecule has 0 bridgehead atoms. The first-order valence-electron chi connectivity index (χ1n) is 15.5. The van der Waals surface area contributed by atoms with Crippen LogP contribution in [0.4, 0.5) is 23.3 Å². The second-order valence-corrected chi connectivity index (χ2v) is 13.7. The molecule has 1 aliphatic rings. The number of para-hydroxylation sites is 1. The summed E-state index contributed by atoms with van der Waals surface area (Å²) in [6.45, 7) is 1.37. The molecule has 15 nitrogen and oxygen atoms in total. The third-order valence-electron chi connectivity index (χ3n) is 8.35. The molecule has 3 aromatic heterocycles. The number of rotatable bonds is 12. The van der Waals surface area contributed by atoms with E-state index in [0.29, 0.717) is 61.8 Å². The third-order valence-corrected chi connectivity index (χ3v) is 9.65. The SMILES string of the molecule is Cn1cc(-c2ccnc(Nc3ccc(C(=O)NCCCn4ccnc4[N+](=O)[O-])c(NC4CCN(S(C)(=O)=O)CC4)c3)n2)c2ccccc21. The highest BCUT2D eigenvalue weighted by Crippen LogP contribution is 2.30. The van der Waals surface area contributed by atoms with Gasteiger partial charge in [0.05, 0.1) is 24.1 Å². The van der Waals surface area contributed by atoms with Gasteiger partial charge in [-0.25, -0.2) is 27.3 Å². The van der Waals surface area contributed by atoms with E-state index >= 15 is 0 Å². The number of aromatic nitrogens is 5. The highest BCUT2D eigenvalue weighted by Gasteiger charge is 2.26. The van der Waals surface area contributed by atoms with E-state index in [1.807, 2.05) is 37.5 Å². The highest BCUT2D eigenvalue weighted by atomic mass is 32.2. The number of fused-ring (bicyclic) bond motifs is 1. The van der Waals surface area contributed by atoms with Gasteiger partial charge in [-0.05, 0) is 54.5 Å². The molecule has 16 heteroatoms. The average molecular weight is 673 g/mol. The van der Waals surface area contributed by atoms with Crippen LogP contribution in [0.2, 0.25) is 0 Å². The molecular weight excluding hydrogens is 636 g/mol. The summed E-state index contributed by atoms with van der Waals surface area (Å²) in [5.74, 6) is -0.171. The standard InChI is InChI=1S/C32H36N10O5S/c1-39-21-26(24-6-3-4-7-29(24)39)27-10-14-34-31(38-27)37-23-8-9-25(28(20-23)36-22-11-17-41(18-12-22)48(2,46)47)30(43)33-13-5-16-40-19-15-35-32(40)42(44)45/h3-4,6-10,14-15,19-22,36H,5,11-13,16-18H2,1-2H3,(H,33,43)(H,34,37,38). The molecule has 0 radical (unpaired) electrons. The zero-order valence-corrected chi connectivity index (χ0v) is 27.4. The number of amides is 1. The van der Waals surface area contributed by atoms with Gasteiger partial charge in [0.1, 0.15) is 12.4 Å². The van der Waals surface area contributed by atoms with Crippen molar-refractivity contribution in [3.63, 3.8) is 0 Å². The number of piperidine rings is 1. The Kier molecular flexibility index (Phi) is 9.36. The topological polar surface area (TPSA) is 182 Å². The predicted octanol–water partition coefficient (Wildman–Crippen LogP) is 4.14. The first-order chi connectivity index (χ1) is 23.1. The molecule has 1 saturated heterocycles. The van der Waals surface area contributed by atoms with Crippen LogP contribution in [-0.2, 0) is 23.6 Å². The lowest BCUT2D eigenvalue weighted by atomic mass is 10.0. The molecule has 48 heavy (non-hydrogen) atoms. The molecule has 2 aromatic carbocycles. The van der Waals surface area contributed by atoms with Crippen molar-refractivity contribution in [3.05, 3.63) is 89.0 Å². The first-order valence-corrected chi connectivity index (χ1v) is 17.4. The van der Waals surface area contributed by atoms with E-state index in [0.717, 1.165) is 22.2 Å². The molecule has 0 saturated carbocycles. The fraction of sp³-hybridized carbons (Fsp3) is 0.312. The Hall–Kier alpha value is -5.35. The molecule has 5 aromatic rings. The summed E-state index contributed by atoms with van der Waals surface area (Å²) in [6.07, 6.45) is 9.46. The minimum absolute atomic E-state index is 0.0578. The molecule has 0 unspecified atom stereocenters. The van der Waals surface area contributed by atoms with Crippen LogP contribution in [0.1, 0.15) is 29.6 Å². The van der Waals surface area contributed by atoms with Crippen molar-refractivity contribution in [1.29, 1.82) is 0 Å². The summed E-state index contributed by atoms with van der Waals surface area (Å²) in [5.41, 5.74) is 4.48. The van der Waals surface area contributed by atoms with Crippen molar-refractivity contribution in [2.45, 2.75) is 31.8 Å².